The molecule has 0 bridgehead atoms. The van der Waals surface area contributed by atoms with E-state index in [1.165, 1.54) is 0 Å². The van der Waals surface area contributed by atoms with Crippen LogP contribution in [0.1, 0.15) is 20.8 Å². The second-order valence-electron chi connectivity index (χ2n) is 4.75. The molecule has 0 unspecified atom stereocenters. The van der Waals surface area contributed by atoms with Crippen LogP contribution < -0.4 is 9.47 Å². The second-order valence-corrected chi connectivity index (χ2v) is 4.75. The lowest BCUT2D eigenvalue weighted by atomic mass is 10.3. The zero-order valence-corrected chi connectivity index (χ0v) is 13.3. The molecule has 0 saturated heterocycles. The normalized spacial score (nSPS) is 12.0. The molecule has 118 valence electrons. The van der Waals surface area contributed by atoms with Gasteiger partial charge in [-0.05, 0) is 44.3 Å². The van der Waals surface area contributed by atoms with Crippen molar-refractivity contribution in [1.82, 2.24) is 4.90 Å². The van der Waals surface area contributed by atoms with Crippen LogP contribution >= 0.6 is 0 Å². The van der Waals surface area contributed by atoms with Gasteiger partial charge >= 0.3 is 5.97 Å². The zero-order chi connectivity index (χ0) is 15.7. The Bertz CT molecular complexity index is 415. The van der Waals surface area contributed by atoms with E-state index < -0.39 is 0 Å². The van der Waals surface area contributed by atoms with Gasteiger partial charge in [-0.2, -0.15) is 0 Å². The van der Waals surface area contributed by atoms with Gasteiger partial charge in [0.25, 0.3) is 0 Å². The fourth-order valence-corrected chi connectivity index (χ4v) is 1.96. The number of carbonyl (C=O) groups excluding carboxylic acids is 1. The van der Waals surface area contributed by atoms with E-state index in [1.807, 2.05) is 6.92 Å². The lowest BCUT2D eigenvalue weighted by molar-refractivity contribution is -0.151. The van der Waals surface area contributed by atoms with Gasteiger partial charge < -0.3 is 19.1 Å². The SMILES string of the molecule is CCN(CC)C[C@H](C)OC(=O)COc1ccc(OC)cc1. The minimum Gasteiger partial charge on any atom is -0.497 e. The summed E-state index contributed by atoms with van der Waals surface area (Å²) >= 11 is 0. The van der Waals surface area contributed by atoms with E-state index in [4.69, 9.17) is 14.2 Å². The van der Waals surface area contributed by atoms with Gasteiger partial charge in [0.05, 0.1) is 7.11 Å². The van der Waals surface area contributed by atoms with Crippen LogP contribution in [0, 0.1) is 0 Å². The topological polar surface area (TPSA) is 48.0 Å². The summed E-state index contributed by atoms with van der Waals surface area (Å²) in [5, 5.41) is 0. The standard InChI is InChI=1S/C16H25NO4/c1-5-17(6-2)11-13(3)21-16(18)12-20-15-9-7-14(19-4)8-10-15/h7-10,13H,5-6,11-12H2,1-4H3/t13-/m0/s1. The predicted molar refractivity (Wildman–Crippen MR) is 81.8 cm³/mol. The van der Waals surface area contributed by atoms with Crippen LogP contribution in [-0.2, 0) is 9.53 Å². The molecule has 1 aromatic carbocycles. The number of nitrogens with zero attached hydrogens (tertiary/aromatic N) is 1. The van der Waals surface area contributed by atoms with Gasteiger partial charge in [0.15, 0.2) is 6.61 Å². The first-order valence-corrected chi connectivity index (χ1v) is 7.27. The molecular weight excluding hydrogens is 270 g/mol. The van der Waals surface area contributed by atoms with Gasteiger partial charge in [-0.15, -0.1) is 0 Å². The largest absolute Gasteiger partial charge is 0.497 e. The minimum atomic E-state index is -0.356. The fourth-order valence-electron chi connectivity index (χ4n) is 1.96. The van der Waals surface area contributed by atoms with Crippen molar-refractivity contribution in [2.24, 2.45) is 0 Å². The maximum absolute atomic E-state index is 11.7. The average molecular weight is 295 g/mol. The van der Waals surface area contributed by atoms with E-state index in [0.29, 0.717) is 5.75 Å². The molecule has 0 aromatic heterocycles. The molecule has 1 rings (SSSR count). The fraction of sp³-hybridized carbons (Fsp3) is 0.562. The van der Waals surface area contributed by atoms with Crippen LogP contribution in [0.3, 0.4) is 0 Å². The third-order valence-electron chi connectivity index (χ3n) is 3.16. The Morgan fingerprint density at radius 3 is 2.24 bits per heavy atom. The van der Waals surface area contributed by atoms with Crippen molar-refractivity contribution in [3.63, 3.8) is 0 Å². The maximum atomic E-state index is 11.7. The average Bonchev–Trinajstić information content (AvgIpc) is 2.51. The molecule has 0 saturated carbocycles. The molecule has 0 amide bonds. The smallest absolute Gasteiger partial charge is 0.344 e. The van der Waals surface area contributed by atoms with Gasteiger partial charge in [0.2, 0.25) is 0 Å². The highest BCUT2D eigenvalue weighted by Gasteiger charge is 2.13. The van der Waals surface area contributed by atoms with Crippen LogP contribution in [0.25, 0.3) is 0 Å². The summed E-state index contributed by atoms with van der Waals surface area (Å²) in [5.74, 6) is 1.01. The van der Waals surface area contributed by atoms with Gasteiger partial charge in [0, 0.05) is 6.54 Å². The van der Waals surface area contributed by atoms with Crippen molar-refractivity contribution >= 4 is 5.97 Å². The third-order valence-corrected chi connectivity index (χ3v) is 3.16. The maximum Gasteiger partial charge on any atom is 0.344 e. The highest BCUT2D eigenvalue weighted by Crippen LogP contribution is 2.16. The van der Waals surface area contributed by atoms with Crippen molar-refractivity contribution in [3.8, 4) is 11.5 Å². The van der Waals surface area contributed by atoms with Crippen molar-refractivity contribution in [2.75, 3.05) is 33.4 Å². The Morgan fingerprint density at radius 1 is 1.14 bits per heavy atom. The molecule has 0 aliphatic rings. The lowest BCUT2D eigenvalue weighted by Gasteiger charge is -2.22. The molecule has 5 heteroatoms. The summed E-state index contributed by atoms with van der Waals surface area (Å²) in [6.07, 6.45) is -0.142. The highest BCUT2D eigenvalue weighted by molar-refractivity contribution is 5.71. The molecule has 0 aliphatic heterocycles. The summed E-state index contributed by atoms with van der Waals surface area (Å²) in [6.45, 7) is 8.61. The number of methoxy groups -OCH3 is 1. The molecule has 0 radical (unpaired) electrons. The zero-order valence-electron chi connectivity index (χ0n) is 13.3. The number of ether oxygens (including phenoxy) is 3. The number of benzene rings is 1. The van der Waals surface area contributed by atoms with Gasteiger partial charge in [0.1, 0.15) is 17.6 Å². The van der Waals surface area contributed by atoms with Crippen LogP contribution in [0.2, 0.25) is 0 Å². The van der Waals surface area contributed by atoms with Crippen LogP contribution in [0.5, 0.6) is 11.5 Å². The molecule has 0 fully saturated rings. The molecular formula is C16H25NO4. The Labute approximate surface area is 126 Å². The molecule has 0 spiro atoms. The van der Waals surface area contributed by atoms with Crippen molar-refractivity contribution < 1.29 is 19.0 Å². The summed E-state index contributed by atoms with van der Waals surface area (Å²) in [6, 6.07) is 7.07. The molecule has 21 heavy (non-hydrogen) atoms. The molecule has 1 atom stereocenters. The first-order chi connectivity index (χ1) is 10.1. The summed E-state index contributed by atoms with van der Waals surface area (Å²) in [5.41, 5.74) is 0. The number of hydrogen-bond donors (Lipinski definition) is 0. The molecule has 5 nitrogen and oxygen atoms in total. The molecule has 0 heterocycles. The van der Waals surface area contributed by atoms with Crippen molar-refractivity contribution in [3.05, 3.63) is 24.3 Å². The van der Waals surface area contributed by atoms with E-state index in [1.54, 1.807) is 31.4 Å². The van der Waals surface area contributed by atoms with E-state index in [9.17, 15) is 4.79 Å². The molecule has 0 aliphatic carbocycles. The Balaban J connectivity index is 2.32. The van der Waals surface area contributed by atoms with Gasteiger partial charge in [-0.1, -0.05) is 13.8 Å². The highest BCUT2D eigenvalue weighted by atomic mass is 16.6. The third kappa shape index (κ3) is 6.49. The number of hydrogen-bond acceptors (Lipinski definition) is 5. The summed E-state index contributed by atoms with van der Waals surface area (Å²) in [4.78, 5) is 13.9. The number of rotatable bonds is 9. The Hall–Kier alpha value is -1.75. The Morgan fingerprint density at radius 2 is 1.71 bits per heavy atom. The second kappa shape index (κ2) is 9.23. The van der Waals surface area contributed by atoms with Crippen molar-refractivity contribution in [1.29, 1.82) is 0 Å². The van der Waals surface area contributed by atoms with Crippen LogP contribution in [0.4, 0.5) is 0 Å². The Kier molecular flexibility index (Phi) is 7.61. The summed E-state index contributed by atoms with van der Waals surface area (Å²) in [7, 11) is 1.60. The van der Waals surface area contributed by atoms with E-state index in [0.717, 1.165) is 25.4 Å². The number of esters is 1. The quantitative estimate of drug-likeness (QED) is 0.654. The van der Waals surface area contributed by atoms with E-state index in [-0.39, 0.29) is 18.7 Å². The minimum absolute atomic E-state index is 0.0884. The number of likely N-dealkylation sites (N-methyl/N-ethyl adjacent to an activating group) is 1. The van der Waals surface area contributed by atoms with Crippen LogP contribution in [0.15, 0.2) is 24.3 Å². The lowest BCUT2D eigenvalue weighted by Crippen LogP contribution is -2.34. The summed E-state index contributed by atoms with van der Waals surface area (Å²) < 4.78 is 15.8. The van der Waals surface area contributed by atoms with Gasteiger partial charge in [-0.25, -0.2) is 4.79 Å². The monoisotopic (exact) mass is 295 g/mol. The van der Waals surface area contributed by atoms with Crippen LogP contribution in [-0.4, -0.2) is 50.3 Å². The van der Waals surface area contributed by atoms with Crippen molar-refractivity contribution in [2.45, 2.75) is 26.9 Å². The number of carbonyl (C=O) groups is 1. The molecule has 0 N–H and O–H groups in total. The molecule has 1 aromatic rings. The van der Waals surface area contributed by atoms with E-state index in [2.05, 4.69) is 18.7 Å². The van der Waals surface area contributed by atoms with E-state index >= 15 is 0 Å². The first-order valence-electron chi connectivity index (χ1n) is 7.27. The predicted octanol–water partition coefficient (Wildman–Crippen LogP) is 2.35. The van der Waals surface area contributed by atoms with Gasteiger partial charge in [-0.3, -0.25) is 0 Å². The first kappa shape index (κ1) is 17.3.